The predicted molar refractivity (Wildman–Crippen MR) is 120 cm³/mol. The third-order valence-electron chi connectivity index (χ3n) is 4.79. The number of rotatable bonds is 6. The number of hydrogen-bond acceptors (Lipinski definition) is 3. The topological polar surface area (TPSA) is 54.7 Å². The molecule has 0 aliphatic carbocycles. The summed E-state index contributed by atoms with van der Waals surface area (Å²) in [5, 5.41) is 7.75. The zero-order valence-corrected chi connectivity index (χ0v) is 18.7. The van der Waals surface area contributed by atoms with E-state index in [-0.39, 0.29) is 24.0 Å². The normalized spacial score (nSPS) is 16.9. The average Bonchev–Trinajstić information content (AvgIpc) is 3.29. The van der Waals surface area contributed by atoms with Gasteiger partial charge >= 0.3 is 0 Å². The first-order valence-electron chi connectivity index (χ1n) is 9.29. The third-order valence-corrected chi connectivity index (χ3v) is 4.79. The Morgan fingerprint density at radius 1 is 1.33 bits per heavy atom. The van der Waals surface area contributed by atoms with Crippen molar-refractivity contribution in [2.24, 2.45) is 12.0 Å². The van der Waals surface area contributed by atoms with Gasteiger partial charge in [-0.2, -0.15) is 5.10 Å². The predicted octanol–water partition coefficient (Wildman–Crippen LogP) is 3.18. The van der Waals surface area contributed by atoms with Crippen molar-refractivity contribution in [1.29, 1.82) is 0 Å². The molecule has 2 aromatic rings. The summed E-state index contributed by atoms with van der Waals surface area (Å²) in [6.07, 6.45) is 6.18. The highest BCUT2D eigenvalue weighted by Gasteiger charge is 2.26. The van der Waals surface area contributed by atoms with Crippen molar-refractivity contribution < 1.29 is 4.74 Å². The molecule has 1 fully saturated rings. The van der Waals surface area contributed by atoms with Gasteiger partial charge in [0.15, 0.2) is 5.96 Å². The number of nitrogens with zero attached hydrogens (tertiary/aromatic N) is 4. The summed E-state index contributed by atoms with van der Waals surface area (Å²) < 4.78 is 7.65. The number of aryl methyl sites for hydroxylation is 2. The molecule has 1 aromatic heterocycles. The van der Waals surface area contributed by atoms with Gasteiger partial charge in [-0.25, -0.2) is 0 Å². The van der Waals surface area contributed by atoms with E-state index in [4.69, 9.17) is 4.74 Å². The minimum absolute atomic E-state index is 0. The molecule has 1 N–H and O–H groups in total. The minimum Gasteiger partial charge on any atom is -0.494 e. The zero-order chi connectivity index (χ0) is 18.4. The Morgan fingerprint density at radius 3 is 2.78 bits per heavy atom. The van der Waals surface area contributed by atoms with E-state index in [0.717, 1.165) is 44.2 Å². The lowest BCUT2D eigenvalue weighted by atomic mass is 10.0. The fourth-order valence-corrected chi connectivity index (χ4v) is 3.30. The first-order chi connectivity index (χ1) is 12.7. The van der Waals surface area contributed by atoms with Crippen molar-refractivity contribution in [2.45, 2.75) is 25.7 Å². The number of nitrogens with one attached hydrogen (secondary N) is 1. The summed E-state index contributed by atoms with van der Waals surface area (Å²) in [5.41, 5.74) is 2.56. The maximum absolute atomic E-state index is 5.78. The Bertz CT molecular complexity index is 728. The van der Waals surface area contributed by atoms with Crippen LogP contribution in [0, 0.1) is 6.92 Å². The summed E-state index contributed by atoms with van der Waals surface area (Å²) in [6.45, 7) is 5.65. The number of guanidine groups is 1. The van der Waals surface area contributed by atoms with Gasteiger partial charge in [0.1, 0.15) is 5.75 Å². The lowest BCUT2D eigenvalue weighted by molar-refractivity contribution is 0.310. The van der Waals surface area contributed by atoms with Crippen molar-refractivity contribution in [2.75, 3.05) is 33.3 Å². The smallest absolute Gasteiger partial charge is 0.193 e. The van der Waals surface area contributed by atoms with Crippen molar-refractivity contribution in [3.05, 3.63) is 47.8 Å². The van der Waals surface area contributed by atoms with Crippen molar-refractivity contribution >= 4 is 29.9 Å². The Hall–Kier alpha value is -1.77. The Balaban J connectivity index is 0.00000261. The summed E-state index contributed by atoms with van der Waals surface area (Å²) in [6, 6.07) is 8.18. The van der Waals surface area contributed by atoms with E-state index < -0.39 is 0 Å². The summed E-state index contributed by atoms with van der Waals surface area (Å²) >= 11 is 0. The van der Waals surface area contributed by atoms with Crippen molar-refractivity contribution in [3.63, 3.8) is 0 Å². The fraction of sp³-hybridized carbons (Fsp3) is 0.500. The van der Waals surface area contributed by atoms with Crippen LogP contribution in [-0.4, -0.2) is 53.9 Å². The van der Waals surface area contributed by atoms with E-state index in [1.165, 1.54) is 11.1 Å². The van der Waals surface area contributed by atoms with Crippen LogP contribution in [0.5, 0.6) is 5.75 Å². The molecule has 148 valence electrons. The van der Waals surface area contributed by atoms with Crippen LogP contribution >= 0.6 is 24.0 Å². The van der Waals surface area contributed by atoms with Gasteiger partial charge in [-0.1, -0.05) is 17.7 Å². The highest BCUT2D eigenvalue weighted by atomic mass is 127. The maximum atomic E-state index is 5.78. The van der Waals surface area contributed by atoms with E-state index in [2.05, 4.69) is 45.6 Å². The second-order valence-corrected chi connectivity index (χ2v) is 6.87. The second kappa shape index (κ2) is 10.5. The number of ether oxygens (including phenoxy) is 1. The van der Waals surface area contributed by atoms with Gasteiger partial charge in [-0.15, -0.1) is 24.0 Å². The molecule has 7 heteroatoms. The zero-order valence-electron chi connectivity index (χ0n) is 16.4. The monoisotopic (exact) mass is 483 g/mol. The molecule has 0 amide bonds. The van der Waals surface area contributed by atoms with E-state index >= 15 is 0 Å². The summed E-state index contributed by atoms with van der Waals surface area (Å²) in [5.74, 6) is 2.44. The lowest BCUT2D eigenvalue weighted by Gasteiger charge is -2.21. The third kappa shape index (κ3) is 6.12. The first kappa shape index (κ1) is 21.5. The van der Waals surface area contributed by atoms with E-state index in [1.54, 1.807) is 0 Å². The molecule has 1 unspecified atom stereocenters. The Kier molecular flexibility index (Phi) is 8.40. The number of aromatic nitrogens is 2. The van der Waals surface area contributed by atoms with Gasteiger partial charge in [0.05, 0.1) is 12.8 Å². The van der Waals surface area contributed by atoms with Gasteiger partial charge in [0.25, 0.3) is 0 Å². The molecule has 0 spiro atoms. The van der Waals surface area contributed by atoms with Crippen molar-refractivity contribution in [1.82, 2.24) is 20.0 Å². The number of halogens is 1. The molecule has 1 aromatic carbocycles. The highest BCUT2D eigenvalue weighted by molar-refractivity contribution is 14.0. The Morgan fingerprint density at radius 2 is 2.11 bits per heavy atom. The van der Waals surface area contributed by atoms with Crippen LogP contribution in [0.2, 0.25) is 0 Å². The number of benzene rings is 1. The van der Waals surface area contributed by atoms with E-state index in [0.29, 0.717) is 12.5 Å². The largest absolute Gasteiger partial charge is 0.494 e. The number of likely N-dealkylation sites (tertiary alicyclic amines) is 1. The van der Waals surface area contributed by atoms with E-state index in [1.807, 2.05) is 37.1 Å². The molecule has 27 heavy (non-hydrogen) atoms. The number of hydrogen-bond donors (Lipinski definition) is 1. The van der Waals surface area contributed by atoms with Gasteiger partial charge < -0.3 is 15.0 Å². The molecule has 6 nitrogen and oxygen atoms in total. The molecule has 0 radical (unpaired) electrons. The van der Waals surface area contributed by atoms with Crippen LogP contribution in [0.4, 0.5) is 0 Å². The lowest BCUT2D eigenvalue weighted by Crippen LogP contribution is -2.40. The molecular weight excluding hydrogens is 453 g/mol. The molecule has 3 rings (SSSR count). The highest BCUT2D eigenvalue weighted by Crippen LogP contribution is 2.26. The van der Waals surface area contributed by atoms with Crippen LogP contribution in [0.1, 0.15) is 29.9 Å². The Labute approximate surface area is 179 Å². The molecule has 2 heterocycles. The molecule has 1 aliphatic heterocycles. The van der Waals surface area contributed by atoms with Crippen molar-refractivity contribution in [3.8, 4) is 5.75 Å². The fourth-order valence-electron chi connectivity index (χ4n) is 3.30. The minimum atomic E-state index is 0. The second-order valence-electron chi connectivity index (χ2n) is 6.87. The molecule has 1 atom stereocenters. The van der Waals surface area contributed by atoms with Crippen LogP contribution in [0.15, 0.2) is 41.7 Å². The average molecular weight is 483 g/mol. The number of aliphatic imine (C=N–C) groups is 1. The summed E-state index contributed by atoms with van der Waals surface area (Å²) in [7, 11) is 3.82. The van der Waals surface area contributed by atoms with E-state index in [9.17, 15) is 0 Å². The van der Waals surface area contributed by atoms with Gasteiger partial charge in [-0.05, 0) is 37.5 Å². The van der Waals surface area contributed by atoms with Crippen LogP contribution < -0.4 is 10.1 Å². The SMILES string of the molecule is CN=C(NCCCOc1ccc(C)cc1)N1CCC(c2cnn(C)c2)C1.I. The standard InChI is InChI=1S/C20H29N5O.HI/c1-16-5-7-19(8-6-16)26-12-4-10-22-20(21-2)25-11-9-17(15-25)18-13-23-24(3)14-18;/h5-8,13-14,17H,4,9-12,15H2,1-3H3,(H,21,22);1H. The molecule has 0 bridgehead atoms. The molecular formula is C20H30IN5O. The quantitative estimate of drug-likeness (QED) is 0.297. The maximum Gasteiger partial charge on any atom is 0.193 e. The van der Waals surface area contributed by atoms with Crippen LogP contribution in [-0.2, 0) is 7.05 Å². The van der Waals surface area contributed by atoms with Gasteiger partial charge in [-0.3, -0.25) is 9.67 Å². The van der Waals surface area contributed by atoms with Crippen LogP contribution in [0.3, 0.4) is 0 Å². The molecule has 1 saturated heterocycles. The van der Waals surface area contributed by atoms with Crippen LogP contribution in [0.25, 0.3) is 0 Å². The van der Waals surface area contributed by atoms with Gasteiger partial charge in [0.2, 0.25) is 0 Å². The molecule has 0 saturated carbocycles. The van der Waals surface area contributed by atoms with Gasteiger partial charge in [0, 0.05) is 45.8 Å². The molecule has 1 aliphatic rings. The first-order valence-corrected chi connectivity index (χ1v) is 9.29. The summed E-state index contributed by atoms with van der Waals surface area (Å²) in [4.78, 5) is 6.77.